The van der Waals surface area contributed by atoms with Crippen LogP contribution >= 0.6 is 0 Å². The minimum absolute atomic E-state index is 0.128. The molecular formula is C15H28N4. The van der Waals surface area contributed by atoms with Crippen LogP contribution in [0.4, 0.5) is 0 Å². The summed E-state index contributed by atoms with van der Waals surface area (Å²) >= 11 is 0. The fourth-order valence-corrected chi connectivity index (χ4v) is 2.20. The zero-order valence-corrected chi connectivity index (χ0v) is 12.4. The van der Waals surface area contributed by atoms with Gasteiger partial charge in [-0.3, -0.25) is 21.2 Å². The first-order valence-corrected chi connectivity index (χ1v) is 7.52. The summed E-state index contributed by atoms with van der Waals surface area (Å²) in [5.74, 6) is 5.61. The van der Waals surface area contributed by atoms with Gasteiger partial charge in [0.1, 0.15) is 0 Å². The molecule has 0 saturated heterocycles. The van der Waals surface area contributed by atoms with E-state index in [-0.39, 0.29) is 6.04 Å². The lowest BCUT2D eigenvalue weighted by Gasteiger charge is -2.14. The Morgan fingerprint density at radius 2 is 1.74 bits per heavy atom. The summed E-state index contributed by atoms with van der Waals surface area (Å²) in [5.41, 5.74) is 4.73. The van der Waals surface area contributed by atoms with Crippen LogP contribution in [0, 0.1) is 6.92 Å². The number of rotatable bonds is 10. The number of aromatic nitrogens is 2. The molecule has 0 spiro atoms. The molecule has 0 aliphatic heterocycles. The van der Waals surface area contributed by atoms with Gasteiger partial charge >= 0.3 is 0 Å². The average Bonchev–Trinajstić information content (AvgIpc) is 2.43. The van der Waals surface area contributed by atoms with E-state index in [1.54, 1.807) is 6.20 Å². The van der Waals surface area contributed by atoms with Crippen LogP contribution in [-0.4, -0.2) is 9.97 Å². The molecule has 0 aromatic carbocycles. The van der Waals surface area contributed by atoms with Crippen LogP contribution < -0.4 is 11.3 Å². The van der Waals surface area contributed by atoms with E-state index in [1.807, 2.05) is 13.1 Å². The number of hydrogen-bond donors (Lipinski definition) is 2. The standard InChI is InChI=1S/C15H28N4/c1-3-4-5-6-7-8-9-10-14(19-16)15-12-17-13(2)11-18-15/h11-12,14,19H,3-10,16H2,1-2H3. The molecule has 1 heterocycles. The maximum absolute atomic E-state index is 5.61. The summed E-state index contributed by atoms with van der Waals surface area (Å²) in [6, 6.07) is 0.128. The molecule has 0 aliphatic carbocycles. The van der Waals surface area contributed by atoms with Gasteiger partial charge in [0.05, 0.1) is 23.6 Å². The van der Waals surface area contributed by atoms with Crippen LogP contribution in [0.25, 0.3) is 0 Å². The quantitative estimate of drug-likeness (QED) is 0.386. The van der Waals surface area contributed by atoms with E-state index in [0.29, 0.717) is 0 Å². The van der Waals surface area contributed by atoms with Gasteiger partial charge in [0.25, 0.3) is 0 Å². The molecule has 1 rings (SSSR count). The second-order valence-corrected chi connectivity index (χ2v) is 5.21. The number of hydrazine groups is 1. The van der Waals surface area contributed by atoms with Crippen LogP contribution in [0.3, 0.4) is 0 Å². The lowest BCUT2D eigenvalue weighted by Crippen LogP contribution is -2.28. The first-order valence-electron chi connectivity index (χ1n) is 7.52. The second-order valence-electron chi connectivity index (χ2n) is 5.21. The summed E-state index contributed by atoms with van der Waals surface area (Å²) < 4.78 is 0. The van der Waals surface area contributed by atoms with Crippen molar-refractivity contribution in [2.45, 2.75) is 71.3 Å². The van der Waals surface area contributed by atoms with Crippen LogP contribution in [0.5, 0.6) is 0 Å². The van der Waals surface area contributed by atoms with E-state index in [1.165, 1.54) is 44.9 Å². The van der Waals surface area contributed by atoms with Crippen molar-refractivity contribution in [2.75, 3.05) is 0 Å². The van der Waals surface area contributed by atoms with Crippen molar-refractivity contribution >= 4 is 0 Å². The highest BCUT2D eigenvalue weighted by Crippen LogP contribution is 2.17. The van der Waals surface area contributed by atoms with Gasteiger partial charge in [-0.05, 0) is 13.3 Å². The van der Waals surface area contributed by atoms with Crippen LogP contribution in [0.15, 0.2) is 12.4 Å². The Labute approximate surface area is 117 Å². The molecule has 1 aromatic rings. The SMILES string of the molecule is CCCCCCCCCC(NN)c1cnc(C)cn1. The Kier molecular flexibility index (Phi) is 8.34. The third-order valence-electron chi connectivity index (χ3n) is 3.46. The van der Waals surface area contributed by atoms with Crippen molar-refractivity contribution in [3.63, 3.8) is 0 Å². The summed E-state index contributed by atoms with van der Waals surface area (Å²) in [7, 11) is 0. The maximum Gasteiger partial charge on any atom is 0.0769 e. The predicted octanol–water partition coefficient (Wildman–Crippen LogP) is 3.43. The Hall–Kier alpha value is -1.00. The monoisotopic (exact) mass is 264 g/mol. The van der Waals surface area contributed by atoms with Crippen molar-refractivity contribution in [1.82, 2.24) is 15.4 Å². The smallest absolute Gasteiger partial charge is 0.0769 e. The van der Waals surface area contributed by atoms with Crippen molar-refractivity contribution in [2.24, 2.45) is 5.84 Å². The fourth-order valence-electron chi connectivity index (χ4n) is 2.20. The molecule has 1 aromatic heterocycles. The van der Waals surface area contributed by atoms with Gasteiger partial charge in [0, 0.05) is 6.20 Å². The van der Waals surface area contributed by atoms with Crippen molar-refractivity contribution < 1.29 is 0 Å². The van der Waals surface area contributed by atoms with Crippen LogP contribution in [-0.2, 0) is 0 Å². The summed E-state index contributed by atoms with van der Waals surface area (Å²) in [4.78, 5) is 8.65. The zero-order chi connectivity index (χ0) is 13.9. The molecule has 0 amide bonds. The van der Waals surface area contributed by atoms with Crippen LogP contribution in [0.2, 0.25) is 0 Å². The molecule has 19 heavy (non-hydrogen) atoms. The van der Waals surface area contributed by atoms with E-state index in [0.717, 1.165) is 17.8 Å². The van der Waals surface area contributed by atoms with Crippen molar-refractivity contribution in [1.29, 1.82) is 0 Å². The number of hydrogen-bond acceptors (Lipinski definition) is 4. The minimum Gasteiger partial charge on any atom is -0.271 e. The first-order chi connectivity index (χ1) is 9.27. The molecule has 108 valence electrons. The highest BCUT2D eigenvalue weighted by atomic mass is 15.2. The molecule has 3 N–H and O–H groups in total. The molecule has 0 fully saturated rings. The van der Waals surface area contributed by atoms with Gasteiger partial charge in [-0.1, -0.05) is 51.9 Å². The largest absolute Gasteiger partial charge is 0.271 e. The number of aryl methyl sites for hydroxylation is 1. The lowest BCUT2D eigenvalue weighted by molar-refractivity contribution is 0.466. The molecule has 0 aliphatic rings. The third kappa shape index (κ3) is 6.64. The fraction of sp³-hybridized carbons (Fsp3) is 0.733. The zero-order valence-electron chi connectivity index (χ0n) is 12.4. The Bertz CT molecular complexity index is 323. The molecule has 4 heteroatoms. The number of unbranched alkanes of at least 4 members (excludes halogenated alkanes) is 6. The van der Waals surface area contributed by atoms with Gasteiger partial charge in [0.15, 0.2) is 0 Å². The van der Waals surface area contributed by atoms with E-state index in [4.69, 9.17) is 5.84 Å². The van der Waals surface area contributed by atoms with Gasteiger partial charge < -0.3 is 0 Å². The first kappa shape index (κ1) is 16.1. The van der Waals surface area contributed by atoms with Crippen molar-refractivity contribution in [3.05, 3.63) is 23.8 Å². The summed E-state index contributed by atoms with van der Waals surface area (Å²) in [6.07, 6.45) is 13.9. The molecule has 0 saturated carbocycles. The Morgan fingerprint density at radius 3 is 2.32 bits per heavy atom. The number of nitrogens with two attached hydrogens (primary N) is 1. The molecule has 1 unspecified atom stereocenters. The van der Waals surface area contributed by atoms with E-state index < -0.39 is 0 Å². The Balaban J connectivity index is 2.20. The highest BCUT2D eigenvalue weighted by Gasteiger charge is 2.10. The second kappa shape index (κ2) is 9.87. The van der Waals surface area contributed by atoms with Gasteiger partial charge in [-0.15, -0.1) is 0 Å². The van der Waals surface area contributed by atoms with E-state index in [2.05, 4.69) is 22.3 Å². The van der Waals surface area contributed by atoms with E-state index >= 15 is 0 Å². The van der Waals surface area contributed by atoms with Crippen LogP contribution in [0.1, 0.15) is 75.7 Å². The van der Waals surface area contributed by atoms with Crippen molar-refractivity contribution in [3.8, 4) is 0 Å². The topological polar surface area (TPSA) is 63.8 Å². The van der Waals surface area contributed by atoms with Gasteiger partial charge in [-0.25, -0.2) is 0 Å². The number of nitrogens with one attached hydrogen (secondary N) is 1. The van der Waals surface area contributed by atoms with E-state index in [9.17, 15) is 0 Å². The third-order valence-corrected chi connectivity index (χ3v) is 3.46. The maximum atomic E-state index is 5.61. The van der Waals surface area contributed by atoms with Gasteiger partial charge in [0.2, 0.25) is 0 Å². The lowest BCUT2D eigenvalue weighted by atomic mass is 10.0. The molecule has 0 bridgehead atoms. The Morgan fingerprint density at radius 1 is 1.05 bits per heavy atom. The summed E-state index contributed by atoms with van der Waals surface area (Å²) in [6.45, 7) is 4.19. The summed E-state index contributed by atoms with van der Waals surface area (Å²) in [5, 5.41) is 0. The minimum atomic E-state index is 0.128. The average molecular weight is 264 g/mol. The highest BCUT2D eigenvalue weighted by molar-refractivity contribution is 5.05. The normalized spacial score (nSPS) is 12.6. The molecule has 0 radical (unpaired) electrons. The molecule has 4 nitrogen and oxygen atoms in total. The number of nitrogens with zero attached hydrogens (tertiary/aromatic N) is 2. The van der Waals surface area contributed by atoms with Gasteiger partial charge in [-0.2, -0.15) is 0 Å². The molecule has 1 atom stereocenters. The molecular weight excluding hydrogens is 236 g/mol. The predicted molar refractivity (Wildman–Crippen MR) is 79.4 cm³/mol.